The molecule has 0 amide bonds. The third-order valence-corrected chi connectivity index (χ3v) is 9.96. The van der Waals surface area contributed by atoms with Crippen LogP contribution < -0.4 is 0 Å². The molecule has 9 nitrogen and oxygen atoms in total. The number of hydrogen-bond acceptors (Lipinski definition) is 7. The van der Waals surface area contributed by atoms with Crippen LogP contribution in [0.15, 0.2) is 24.3 Å². The van der Waals surface area contributed by atoms with E-state index in [-0.39, 0.29) is 32.2 Å². The third-order valence-electron chi connectivity index (χ3n) is 9.96. The maximum Gasteiger partial charge on any atom is 0.361 e. The number of carbonyl (C=O) groups excluding carboxylic acids is 2. The van der Waals surface area contributed by atoms with Crippen LogP contribution in [0.1, 0.15) is 200 Å². The van der Waals surface area contributed by atoms with Gasteiger partial charge < -0.3 is 28.5 Å². The quantitative estimate of drug-likeness (QED) is 0.0214. The lowest BCUT2D eigenvalue weighted by molar-refractivity contribution is -0.870. The van der Waals surface area contributed by atoms with Crippen molar-refractivity contribution in [2.45, 2.75) is 212 Å². The van der Waals surface area contributed by atoms with Gasteiger partial charge in [-0.3, -0.25) is 9.59 Å². The van der Waals surface area contributed by atoms with Gasteiger partial charge in [0, 0.05) is 12.8 Å². The number of allylic oxidation sites excluding steroid dienone is 4. The molecule has 0 aliphatic heterocycles. The highest BCUT2D eigenvalue weighted by molar-refractivity contribution is 5.71. The predicted molar refractivity (Wildman–Crippen MR) is 231 cm³/mol. The standard InChI is InChI=1S/C47H87NO8/c1-6-8-10-12-14-16-18-20-21-22-23-24-26-28-30-32-34-36-38-45(50)56-43(42-55-47(46(51)52)53-40-39-48(3,4)5)41-54-44(49)37-35-33-31-29-27-25-19-17-15-13-11-9-7-2/h16,18,21-22,43,47H,6-15,17,19-20,23-42H2,1-5H3/p+1/b18-16-,22-21-. The highest BCUT2D eigenvalue weighted by atomic mass is 16.7. The van der Waals surface area contributed by atoms with E-state index in [4.69, 9.17) is 18.9 Å². The van der Waals surface area contributed by atoms with Crippen LogP contribution in [-0.4, -0.2) is 87.4 Å². The number of carboxylic acids is 1. The van der Waals surface area contributed by atoms with Crippen molar-refractivity contribution >= 4 is 17.9 Å². The van der Waals surface area contributed by atoms with E-state index in [1.54, 1.807) is 0 Å². The fraction of sp³-hybridized carbons (Fsp3) is 0.851. The topological polar surface area (TPSA) is 108 Å². The molecule has 0 spiro atoms. The third kappa shape index (κ3) is 40.0. The normalized spacial score (nSPS) is 13.1. The number of carboxylic acid groups (broad SMARTS) is 1. The minimum Gasteiger partial charge on any atom is -0.477 e. The monoisotopic (exact) mass is 795 g/mol. The van der Waals surface area contributed by atoms with Crippen molar-refractivity contribution < 1.29 is 42.9 Å². The average Bonchev–Trinajstić information content (AvgIpc) is 3.15. The second kappa shape index (κ2) is 39.6. The van der Waals surface area contributed by atoms with Crippen LogP contribution in [0.2, 0.25) is 0 Å². The summed E-state index contributed by atoms with van der Waals surface area (Å²) in [5.74, 6) is -2.01. The molecule has 0 heterocycles. The van der Waals surface area contributed by atoms with Crippen molar-refractivity contribution in [2.75, 3.05) is 47.5 Å². The maximum absolute atomic E-state index is 12.8. The van der Waals surface area contributed by atoms with E-state index in [0.29, 0.717) is 23.9 Å². The van der Waals surface area contributed by atoms with E-state index in [1.807, 2.05) is 21.1 Å². The van der Waals surface area contributed by atoms with Crippen LogP contribution >= 0.6 is 0 Å². The molecular formula is C47H88NO8+. The van der Waals surface area contributed by atoms with Crippen LogP contribution in [0, 0.1) is 0 Å². The van der Waals surface area contributed by atoms with Crippen LogP contribution in [0.3, 0.4) is 0 Å². The van der Waals surface area contributed by atoms with Gasteiger partial charge in [0.05, 0.1) is 34.4 Å². The number of likely N-dealkylation sites (N-methyl/N-ethyl adjacent to an activating group) is 1. The molecule has 0 saturated carbocycles. The first kappa shape index (κ1) is 53.8. The van der Waals surface area contributed by atoms with Crippen molar-refractivity contribution in [3.63, 3.8) is 0 Å². The zero-order chi connectivity index (χ0) is 41.4. The smallest absolute Gasteiger partial charge is 0.361 e. The molecule has 0 aliphatic carbocycles. The molecule has 0 radical (unpaired) electrons. The molecule has 0 aromatic rings. The molecular weight excluding hydrogens is 707 g/mol. The first-order valence-corrected chi connectivity index (χ1v) is 23.0. The van der Waals surface area contributed by atoms with Gasteiger partial charge in [-0.15, -0.1) is 0 Å². The molecule has 1 N–H and O–H groups in total. The van der Waals surface area contributed by atoms with Gasteiger partial charge in [-0.2, -0.15) is 0 Å². The molecule has 0 aromatic heterocycles. The molecule has 9 heteroatoms. The van der Waals surface area contributed by atoms with Gasteiger partial charge in [-0.05, 0) is 44.9 Å². The van der Waals surface area contributed by atoms with Crippen molar-refractivity contribution in [3.05, 3.63) is 24.3 Å². The first-order valence-electron chi connectivity index (χ1n) is 23.0. The van der Waals surface area contributed by atoms with Gasteiger partial charge in [-0.25, -0.2) is 4.79 Å². The summed E-state index contributed by atoms with van der Waals surface area (Å²) < 4.78 is 22.7. The fourth-order valence-electron chi connectivity index (χ4n) is 6.34. The number of aliphatic carboxylic acids is 1. The number of hydrogen-bond donors (Lipinski definition) is 1. The summed E-state index contributed by atoms with van der Waals surface area (Å²) in [4.78, 5) is 37.1. The number of unbranched alkanes of at least 4 members (excludes halogenated alkanes) is 23. The van der Waals surface area contributed by atoms with Crippen molar-refractivity contribution in [2.24, 2.45) is 0 Å². The Morgan fingerprint density at radius 2 is 0.964 bits per heavy atom. The number of esters is 2. The van der Waals surface area contributed by atoms with E-state index >= 15 is 0 Å². The lowest BCUT2D eigenvalue weighted by Gasteiger charge is -2.25. The van der Waals surface area contributed by atoms with Crippen molar-refractivity contribution in [1.82, 2.24) is 0 Å². The van der Waals surface area contributed by atoms with Gasteiger partial charge in [0.25, 0.3) is 6.29 Å². The number of quaternary nitrogens is 1. The summed E-state index contributed by atoms with van der Waals surface area (Å²) >= 11 is 0. The minimum absolute atomic E-state index is 0.181. The molecule has 0 rings (SSSR count). The number of nitrogens with zero attached hydrogens (tertiary/aromatic N) is 1. The van der Waals surface area contributed by atoms with Gasteiger partial charge in [0.1, 0.15) is 13.2 Å². The maximum atomic E-state index is 12.8. The van der Waals surface area contributed by atoms with E-state index in [0.717, 1.165) is 51.4 Å². The average molecular weight is 795 g/mol. The molecule has 2 atom stereocenters. The largest absolute Gasteiger partial charge is 0.477 e. The van der Waals surface area contributed by atoms with E-state index in [9.17, 15) is 19.5 Å². The number of ether oxygens (including phenoxy) is 4. The summed E-state index contributed by atoms with van der Waals surface area (Å²) in [6.45, 7) is 4.85. The summed E-state index contributed by atoms with van der Waals surface area (Å²) in [7, 11) is 5.95. The van der Waals surface area contributed by atoms with Crippen LogP contribution in [0.25, 0.3) is 0 Å². The second-order valence-electron chi connectivity index (χ2n) is 16.7. The molecule has 56 heavy (non-hydrogen) atoms. The van der Waals surface area contributed by atoms with Crippen molar-refractivity contribution in [1.29, 1.82) is 0 Å². The van der Waals surface area contributed by atoms with Crippen LogP contribution in [-0.2, 0) is 33.3 Å². The molecule has 0 aromatic carbocycles. The fourth-order valence-corrected chi connectivity index (χ4v) is 6.34. The Morgan fingerprint density at radius 3 is 1.43 bits per heavy atom. The Kier molecular flexibility index (Phi) is 38.0. The Morgan fingerprint density at radius 1 is 0.536 bits per heavy atom. The molecule has 0 aliphatic rings. The first-order chi connectivity index (χ1) is 27.1. The Hall–Kier alpha value is -2.23. The van der Waals surface area contributed by atoms with E-state index in [2.05, 4.69) is 38.2 Å². The molecule has 328 valence electrons. The number of carbonyl (C=O) groups is 3. The molecule has 2 unspecified atom stereocenters. The lowest BCUT2D eigenvalue weighted by atomic mass is 10.0. The highest BCUT2D eigenvalue weighted by Crippen LogP contribution is 2.15. The van der Waals surface area contributed by atoms with Crippen molar-refractivity contribution in [3.8, 4) is 0 Å². The highest BCUT2D eigenvalue weighted by Gasteiger charge is 2.25. The van der Waals surface area contributed by atoms with Crippen LogP contribution in [0.4, 0.5) is 0 Å². The summed E-state index contributed by atoms with van der Waals surface area (Å²) in [6, 6.07) is 0. The van der Waals surface area contributed by atoms with Gasteiger partial charge in [-0.1, -0.05) is 167 Å². The predicted octanol–water partition coefficient (Wildman–Crippen LogP) is 12.1. The number of rotatable bonds is 42. The van der Waals surface area contributed by atoms with Gasteiger partial charge in [0.15, 0.2) is 6.10 Å². The molecule has 0 bridgehead atoms. The minimum atomic E-state index is -1.51. The zero-order valence-electron chi connectivity index (χ0n) is 37.1. The van der Waals surface area contributed by atoms with E-state index in [1.165, 1.54) is 116 Å². The van der Waals surface area contributed by atoms with Gasteiger partial charge >= 0.3 is 17.9 Å². The molecule has 0 saturated heterocycles. The summed E-state index contributed by atoms with van der Waals surface area (Å²) in [6.07, 6.45) is 39.4. The van der Waals surface area contributed by atoms with Gasteiger partial charge in [0.2, 0.25) is 0 Å². The second-order valence-corrected chi connectivity index (χ2v) is 16.7. The molecule has 0 fully saturated rings. The van der Waals surface area contributed by atoms with E-state index < -0.39 is 24.3 Å². The summed E-state index contributed by atoms with van der Waals surface area (Å²) in [5, 5.41) is 9.63. The Bertz CT molecular complexity index is 976. The van der Waals surface area contributed by atoms with Crippen LogP contribution in [0.5, 0.6) is 0 Å². The summed E-state index contributed by atoms with van der Waals surface area (Å²) in [5.41, 5.74) is 0. The Labute approximate surface area is 344 Å². The zero-order valence-corrected chi connectivity index (χ0v) is 37.1. The Balaban J connectivity index is 4.42. The SMILES string of the molecule is CCCCCC/C=C\C/C=C\CCCCCCCCCC(=O)OC(COC(=O)CCCCCCCCCCCCCCC)COC(OCC[N+](C)(C)C)C(=O)O. The lowest BCUT2D eigenvalue weighted by Crippen LogP contribution is -2.40.